The molecule has 0 spiro atoms. The van der Waals surface area contributed by atoms with Gasteiger partial charge in [-0.15, -0.1) is 0 Å². The first-order valence-electron chi connectivity index (χ1n) is 8.99. The number of nitrogens with one attached hydrogen (secondary N) is 2. The number of benzene rings is 1. The summed E-state index contributed by atoms with van der Waals surface area (Å²) in [4.78, 5) is 18.7. The van der Waals surface area contributed by atoms with Crippen LogP contribution in [-0.4, -0.2) is 42.9 Å². The molecule has 1 aromatic carbocycles. The molecule has 0 aromatic heterocycles. The minimum absolute atomic E-state index is 0.156. The summed E-state index contributed by atoms with van der Waals surface area (Å²) >= 11 is 0. The molecule has 5 heteroatoms. The fourth-order valence-corrected chi connectivity index (χ4v) is 2.76. The van der Waals surface area contributed by atoms with Crippen LogP contribution in [0.25, 0.3) is 0 Å². The second kappa shape index (κ2) is 9.30. The molecular weight excluding hydrogens is 300 g/mol. The number of hydrogen-bond acceptors (Lipinski definition) is 2. The number of rotatable bonds is 5. The zero-order valence-corrected chi connectivity index (χ0v) is 15.1. The number of carbonyl (C=O) groups excluding carboxylic acids is 1. The lowest BCUT2D eigenvalue weighted by Gasteiger charge is -2.26. The molecule has 2 N–H and O–H groups in total. The maximum Gasteiger partial charge on any atom is 0.253 e. The summed E-state index contributed by atoms with van der Waals surface area (Å²) < 4.78 is 0. The van der Waals surface area contributed by atoms with Crippen molar-refractivity contribution in [2.45, 2.75) is 52.1 Å². The van der Waals surface area contributed by atoms with Crippen LogP contribution >= 0.6 is 0 Å². The molecular formula is C19H30N4O. The van der Waals surface area contributed by atoms with E-state index in [1.165, 1.54) is 6.42 Å². The number of hydrogen-bond donors (Lipinski definition) is 2. The molecule has 1 atom stereocenters. The molecule has 1 saturated heterocycles. The predicted octanol–water partition coefficient (Wildman–Crippen LogP) is 2.78. The van der Waals surface area contributed by atoms with Crippen molar-refractivity contribution >= 4 is 11.9 Å². The smallest absolute Gasteiger partial charge is 0.253 e. The first kappa shape index (κ1) is 18.3. The molecule has 0 radical (unpaired) electrons. The molecule has 1 aliphatic rings. The third-order valence-electron chi connectivity index (χ3n) is 4.52. The topological polar surface area (TPSA) is 56.7 Å². The highest BCUT2D eigenvalue weighted by Gasteiger charge is 2.17. The molecule has 1 aromatic rings. The third kappa shape index (κ3) is 5.25. The third-order valence-corrected chi connectivity index (χ3v) is 4.52. The molecule has 0 saturated carbocycles. The fraction of sp³-hybridized carbons (Fsp3) is 0.579. The second-order valence-electron chi connectivity index (χ2n) is 6.43. The van der Waals surface area contributed by atoms with Gasteiger partial charge in [0.1, 0.15) is 0 Å². The quantitative estimate of drug-likeness (QED) is 0.645. The molecule has 5 nitrogen and oxygen atoms in total. The first-order chi connectivity index (χ1) is 11.6. The van der Waals surface area contributed by atoms with Crippen molar-refractivity contribution in [1.29, 1.82) is 0 Å². The van der Waals surface area contributed by atoms with E-state index in [0.717, 1.165) is 49.4 Å². The molecule has 24 heavy (non-hydrogen) atoms. The lowest BCUT2D eigenvalue weighted by atomic mass is 10.1. The van der Waals surface area contributed by atoms with Gasteiger partial charge in [-0.1, -0.05) is 19.1 Å². The maximum absolute atomic E-state index is 12.5. The average molecular weight is 330 g/mol. The van der Waals surface area contributed by atoms with Crippen LogP contribution in [0, 0.1) is 0 Å². The van der Waals surface area contributed by atoms with E-state index >= 15 is 0 Å². The zero-order valence-electron chi connectivity index (χ0n) is 15.1. The van der Waals surface area contributed by atoms with Gasteiger partial charge in [-0.25, -0.2) is 0 Å². The van der Waals surface area contributed by atoms with Crippen LogP contribution < -0.4 is 10.6 Å². The van der Waals surface area contributed by atoms with Crippen molar-refractivity contribution in [2.24, 2.45) is 4.99 Å². The normalized spacial score (nSPS) is 16.6. The van der Waals surface area contributed by atoms with Crippen molar-refractivity contribution in [1.82, 2.24) is 15.5 Å². The SMILES string of the molecule is CCC(C)NC(=NC)NCc1ccc(C(=O)N2CCCCC2)cc1. The molecule has 2 rings (SSSR count). The van der Waals surface area contributed by atoms with Gasteiger partial charge in [0, 0.05) is 38.3 Å². The van der Waals surface area contributed by atoms with Gasteiger partial charge >= 0.3 is 0 Å². The molecule has 1 unspecified atom stereocenters. The fourth-order valence-electron chi connectivity index (χ4n) is 2.76. The van der Waals surface area contributed by atoms with Crippen LogP contribution in [0.15, 0.2) is 29.3 Å². The van der Waals surface area contributed by atoms with Crippen LogP contribution in [0.1, 0.15) is 55.5 Å². The minimum Gasteiger partial charge on any atom is -0.354 e. The van der Waals surface area contributed by atoms with E-state index in [1.807, 2.05) is 29.2 Å². The zero-order chi connectivity index (χ0) is 17.4. The first-order valence-corrected chi connectivity index (χ1v) is 8.99. The van der Waals surface area contributed by atoms with Gasteiger partial charge in [-0.3, -0.25) is 9.79 Å². The van der Waals surface area contributed by atoms with Gasteiger partial charge in [-0.2, -0.15) is 0 Å². The highest BCUT2D eigenvalue weighted by Crippen LogP contribution is 2.13. The summed E-state index contributed by atoms with van der Waals surface area (Å²) in [6.45, 7) is 6.74. The van der Waals surface area contributed by atoms with Crippen molar-refractivity contribution in [2.75, 3.05) is 20.1 Å². The second-order valence-corrected chi connectivity index (χ2v) is 6.43. The molecule has 132 valence electrons. The Morgan fingerprint density at radius 1 is 1.21 bits per heavy atom. The Morgan fingerprint density at radius 2 is 1.88 bits per heavy atom. The number of nitrogens with zero attached hydrogens (tertiary/aromatic N) is 2. The monoisotopic (exact) mass is 330 g/mol. The van der Waals surface area contributed by atoms with Gasteiger partial charge in [0.25, 0.3) is 5.91 Å². The standard InChI is InChI=1S/C19H30N4O/c1-4-15(2)22-19(20-3)21-14-16-8-10-17(11-9-16)18(24)23-12-6-5-7-13-23/h8-11,15H,4-7,12-14H2,1-3H3,(H2,20,21,22). The summed E-state index contributed by atoms with van der Waals surface area (Å²) in [5.41, 5.74) is 1.92. The van der Waals surface area contributed by atoms with Crippen molar-refractivity contribution in [3.05, 3.63) is 35.4 Å². The van der Waals surface area contributed by atoms with E-state index < -0.39 is 0 Å². The van der Waals surface area contributed by atoms with Gasteiger partial charge in [0.2, 0.25) is 0 Å². The van der Waals surface area contributed by atoms with E-state index in [-0.39, 0.29) is 5.91 Å². The molecule has 1 heterocycles. The van der Waals surface area contributed by atoms with Crippen LogP contribution in [0.5, 0.6) is 0 Å². The van der Waals surface area contributed by atoms with Gasteiger partial charge < -0.3 is 15.5 Å². The Kier molecular flexibility index (Phi) is 7.09. The molecule has 0 bridgehead atoms. The van der Waals surface area contributed by atoms with Crippen LogP contribution in [0.4, 0.5) is 0 Å². The largest absolute Gasteiger partial charge is 0.354 e. The van der Waals surface area contributed by atoms with Gasteiger partial charge in [0.15, 0.2) is 5.96 Å². The Morgan fingerprint density at radius 3 is 2.46 bits per heavy atom. The van der Waals surface area contributed by atoms with Crippen molar-refractivity contribution < 1.29 is 4.79 Å². The number of piperidine rings is 1. The number of carbonyl (C=O) groups is 1. The highest BCUT2D eigenvalue weighted by molar-refractivity contribution is 5.94. The average Bonchev–Trinajstić information content (AvgIpc) is 2.65. The lowest BCUT2D eigenvalue weighted by molar-refractivity contribution is 0.0724. The number of aliphatic imine (C=N–C) groups is 1. The van der Waals surface area contributed by atoms with Crippen molar-refractivity contribution in [3.63, 3.8) is 0 Å². The van der Waals surface area contributed by atoms with E-state index in [1.54, 1.807) is 7.05 Å². The summed E-state index contributed by atoms with van der Waals surface area (Å²) in [5, 5.41) is 6.64. The van der Waals surface area contributed by atoms with Gasteiger partial charge in [0.05, 0.1) is 0 Å². The number of guanidine groups is 1. The highest BCUT2D eigenvalue weighted by atomic mass is 16.2. The van der Waals surface area contributed by atoms with E-state index in [4.69, 9.17) is 0 Å². The summed E-state index contributed by atoms with van der Waals surface area (Å²) in [7, 11) is 1.78. The Balaban J connectivity index is 1.88. The summed E-state index contributed by atoms with van der Waals surface area (Å²) in [6, 6.07) is 8.28. The Hall–Kier alpha value is -2.04. The Bertz CT molecular complexity index is 547. The van der Waals surface area contributed by atoms with Crippen LogP contribution in [0.3, 0.4) is 0 Å². The van der Waals surface area contributed by atoms with Gasteiger partial charge in [-0.05, 0) is 50.3 Å². The minimum atomic E-state index is 0.156. The molecule has 0 aliphatic carbocycles. The van der Waals surface area contributed by atoms with E-state index in [2.05, 4.69) is 29.5 Å². The molecule has 1 fully saturated rings. The Labute approximate surface area is 145 Å². The van der Waals surface area contributed by atoms with Crippen LogP contribution in [0.2, 0.25) is 0 Å². The number of amides is 1. The van der Waals surface area contributed by atoms with Crippen molar-refractivity contribution in [3.8, 4) is 0 Å². The molecule has 1 aliphatic heterocycles. The molecule has 1 amide bonds. The van der Waals surface area contributed by atoms with E-state index in [9.17, 15) is 4.79 Å². The maximum atomic E-state index is 12.5. The summed E-state index contributed by atoms with van der Waals surface area (Å²) in [6.07, 6.45) is 4.53. The van der Waals surface area contributed by atoms with Crippen LogP contribution in [-0.2, 0) is 6.54 Å². The summed E-state index contributed by atoms with van der Waals surface area (Å²) in [5.74, 6) is 0.960. The lowest BCUT2D eigenvalue weighted by Crippen LogP contribution is -2.41. The number of likely N-dealkylation sites (tertiary alicyclic amines) is 1. The van der Waals surface area contributed by atoms with E-state index in [0.29, 0.717) is 12.6 Å². The predicted molar refractivity (Wildman–Crippen MR) is 99.3 cm³/mol.